The standard InChI is InChI=1S/C16H16Br2O2S/c17-15-7-3-1-5-13(15)9-11-21(19,20)12-10-14-6-2-4-8-16(14)18/h1-8H,9-12H2. The second kappa shape index (κ2) is 7.56. The van der Waals surface area contributed by atoms with Crippen molar-refractivity contribution in [1.82, 2.24) is 0 Å². The molecular weight excluding hydrogens is 416 g/mol. The van der Waals surface area contributed by atoms with Gasteiger partial charge >= 0.3 is 0 Å². The molecule has 0 aromatic heterocycles. The molecule has 0 aliphatic rings. The molecule has 2 rings (SSSR count). The molecule has 2 aromatic rings. The van der Waals surface area contributed by atoms with Crippen molar-refractivity contribution in [2.45, 2.75) is 12.8 Å². The Bertz CT molecular complexity index is 656. The third kappa shape index (κ3) is 5.24. The third-order valence-corrected chi connectivity index (χ3v) is 6.48. The Morgan fingerprint density at radius 2 is 1.10 bits per heavy atom. The van der Waals surface area contributed by atoms with Crippen LogP contribution in [-0.4, -0.2) is 19.9 Å². The first-order chi connectivity index (χ1) is 9.98. The first kappa shape index (κ1) is 16.7. The van der Waals surface area contributed by atoms with E-state index in [9.17, 15) is 8.42 Å². The summed E-state index contributed by atoms with van der Waals surface area (Å²) in [7, 11) is -3.05. The van der Waals surface area contributed by atoms with Gasteiger partial charge in [0, 0.05) is 8.95 Å². The molecule has 112 valence electrons. The zero-order chi connectivity index (χ0) is 15.3. The minimum Gasteiger partial charge on any atom is -0.229 e. The SMILES string of the molecule is O=S(=O)(CCc1ccccc1Br)CCc1ccccc1Br. The third-order valence-electron chi connectivity index (χ3n) is 3.28. The second-order valence-corrected chi connectivity index (χ2v) is 8.85. The zero-order valence-corrected chi connectivity index (χ0v) is 15.4. The average Bonchev–Trinajstić information content (AvgIpc) is 2.46. The van der Waals surface area contributed by atoms with Crippen molar-refractivity contribution in [3.63, 3.8) is 0 Å². The number of aryl methyl sites for hydroxylation is 2. The largest absolute Gasteiger partial charge is 0.229 e. The van der Waals surface area contributed by atoms with Crippen LogP contribution in [0.2, 0.25) is 0 Å². The fourth-order valence-electron chi connectivity index (χ4n) is 2.04. The summed E-state index contributed by atoms with van der Waals surface area (Å²) in [5.41, 5.74) is 2.06. The molecule has 0 unspecified atom stereocenters. The Kier molecular flexibility index (Phi) is 6.02. The number of hydrogen-bond donors (Lipinski definition) is 0. The van der Waals surface area contributed by atoms with E-state index in [4.69, 9.17) is 0 Å². The van der Waals surface area contributed by atoms with Crippen LogP contribution in [0.25, 0.3) is 0 Å². The summed E-state index contributed by atoms with van der Waals surface area (Å²) in [4.78, 5) is 0. The average molecular weight is 432 g/mol. The molecule has 0 N–H and O–H groups in total. The summed E-state index contributed by atoms with van der Waals surface area (Å²) < 4.78 is 26.3. The molecule has 0 fully saturated rings. The lowest BCUT2D eigenvalue weighted by Crippen LogP contribution is -2.15. The van der Waals surface area contributed by atoms with E-state index in [-0.39, 0.29) is 11.5 Å². The van der Waals surface area contributed by atoms with Crippen molar-refractivity contribution in [2.75, 3.05) is 11.5 Å². The molecule has 0 radical (unpaired) electrons. The van der Waals surface area contributed by atoms with Gasteiger partial charge in [0.1, 0.15) is 0 Å². The monoisotopic (exact) mass is 430 g/mol. The fraction of sp³-hybridized carbons (Fsp3) is 0.250. The van der Waals surface area contributed by atoms with Crippen LogP contribution in [0, 0.1) is 0 Å². The normalized spacial score (nSPS) is 11.5. The minimum absolute atomic E-state index is 0.181. The van der Waals surface area contributed by atoms with Crippen molar-refractivity contribution in [2.24, 2.45) is 0 Å². The number of hydrogen-bond acceptors (Lipinski definition) is 2. The van der Waals surface area contributed by atoms with Gasteiger partial charge in [-0.3, -0.25) is 0 Å². The summed E-state index contributed by atoms with van der Waals surface area (Å²) >= 11 is 6.90. The van der Waals surface area contributed by atoms with Gasteiger partial charge in [-0.2, -0.15) is 0 Å². The maximum absolute atomic E-state index is 12.2. The van der Waals surface area contributed by atoms with Crippen molar-refractivity contribution >= 4 is 41.7 Å². The van der Waals surface area contributed by atoms with E-state index < -0.39 is 9.84 Å². The Morgan fingerprint density at radius 1 is 0.714 bits per heavy atom. The van der Waals surface area contributed by atoms with Gasteiger partial charge in [-0.05, 0) is 36.1 Å². The van der Waals surface area contributed by atoms with Gasteiger partial charge < -0.3 is 0 Å². The fourth-order valence-corrected chi connectivity index (χ4v) is 4.27. The van der Waals surface area contributed by atoms with Gasteiger partial charge in [-0.25, -0.2) is 8.42 Å². The van der Waals surface area contributed by atoms with Gasteiger partial charge in [-0.15, -0.1) is 0 Å². The first-order valence-electron chi connectivity index (χ1n) is 6.65. The van der Waals surface area contributed by atoms with E-state index in [0.717, 1.165) is 20.1 Å². The molecule has 0 spiro atoms. The van der Waals surface area contributed by atoms with E-state index in [1.165, 1.54) is 0 Å². The van der Waals surface area contributed by atoms with Gasteiger partial charge in [0.2, 0.25) is 0 Å². The highest BCUT2D eigenvalue weighted by Gasteiger charge is 2.13. The van der Waals surface area contributed by atoms with Crippen molar-refractivity contribution in [3.05, 3.63) is 68.6 Å². The van der Waals surface area contributed by atoms with Crippen LogP contribution in [0.3, 0.4) is 0 Å². The van der Waals surface area contributed by atoms with Gasteiger partial charge in [-0.1, -0.05) is 68.3 Å². The summed E-state index contributed by atoms with van der Waals surface area (Å²) in [6.45, 7) is 0. The van der Waals surface area contributed by atoms with E-state index in [1.807, 2.05) is 48.5 Å². The summed E-state index contributed by atoms with van der Waals surface area (Å²) in [5.74, 6) is 0.361. The summed E-state index contributed by atoms with van der Waals surface area (Å²) in [6, 6.07) is 15.5. The van der Waals surface area contributed by atoms with Gasteiger partial charge in [0.05, 0.1) is 11.5 Å². The highest BCUT2D eigenvalue weighted by Crippen LogP contribution is 2.19. The molecule has 2 nitrogen and oxygen atoms in total. The molecule has 0 saturated carbocycles. The van der Waals surface area contributed by atoms with Crippen molar-refractivity contribution < 1.29 is 8.42 Å². The maximum Gasteiger partial charge on any atom is 0.150 e. The zero-order valence-electron chi connectivity index (χ0n) is 11.4. The van der Waals surface area contributed by atoms with Crippen LogP contribution < -0.4 is 0 Å². The highest BCUT2D eigenvalue weighted by molar-refractivity contribution is 9.10. The number of rotatable bonds is 6. The Labute approximate surface area is 142 Å². The van der Waals surface area contributed by atoms with E-state index >= 15 is 0 Å². The molecule has 2 aromatic carbocycles. The molecule has 0 amide bonds. The summed E-state index contributed by atoms with van der Waals surface area (Å²) in [6.07, 6.45) is 1.08. The Balaban J connectivity index is 1.94. The van der Waals surface area contributed by atoms with Crippen LogP contribution in [0.1, 0.15) is 11.1 Å². The Hall–Kier alpha value is -0.650. The second-order valence-electron chi connectivity index (χ2n) is 4.83. The number of sulfone groups is 1. The van der Waals surface area contributed by atoms with Crippen molar-refractivity contribution in [3.8, 4) is 0 Å². The molecular formula is C16H16Br2O2S. The lowest BCUT2D eigenvalue weighted by atomic mass is 10.2. The molecule has 21 heavy (non-hydrogen) atoms. The van der Waals surface area contributed by atoms with Crippen LogP contribution in [0.15, 0.2) is 57.5 Å². The predicted molar refractivity (Wildman–Crippen MR) is 94.3 cm³/mol. The quantitative estimate of drug-likeness (QED) is 0.678. The lowest BCUT2D eigenvalue weighted by molar-refractivity contribution is 0.594. The Morgan fingerprint density at radius 3 is 1.48 bits per heavy atom. The van der Waals surface area contributed by atoms with E-state index in [0.29, 0.717) is 12.8 Å². The van der Waals surface area contributed by atoms with Crippen LogP contribution >= 0.6 is 31.9 Å². The molecule has 0 aliphatic carbocycles. The first-order valence-corrected chi connectivity index (χ1v) is 10.1. The lowest BCUT2D eigenvalue weighted by Gasteiger charge is -2.07. The molecule has 0 saturated heterocycles. The van der Waals surface area contributed by atoms with Gasteiger partial charge in [0.25, 0.3) is 0 Å². The minimum atomic E-state index is -3.05. The van der Waals surface area contributed by atoms with Crippen LogP contribution in [-0.2, 0) is 22.7 Å². The highest BCUT2D eigenvalue weighted by atomic mass is 79.9. The topological polar surface area (TPSA) is 34.1 Å². The predicted octanol–water partition coefficient (Wildman–Crippen LogP) is 4.41. The van der Waals surface area contributed by atoms with E-state index in [1.54, 1.807) is 0 Å². The van der Waals surface area contributed by atoms with Crippen molar-refractivity contribution in [1.29, 1.82) is 0 Å². The summed E-state index contributed by atoms with van der Waals surface area (Å²) in [5, 5.41) is 0. The molecule has 0 heterocycles. The maximum atomic E-state index is 12.2. The van der Waals surface area contributed by atoms with Gasteiger partial charge in [0.15, 0.2) is 9.84 Å². The van der Waals surface area contributed by atoms with E-state index in [2.05, 4.69) is 31.9 Å². The molecule has 0 aliphatic heterocycles. The molecule has 0 atom stereocenters. The molecule has 5 heteroatoms. The van der Waals surface area contributed by atoms with Crippen LogP contribution in [0.4, 0.5) is 0 Å². The smallest absolute Gasteiger partial charge is 0.150 e. The number of benzene rings is 2. The van der Waals surface area contributed by atoms with Crippen LogP contribution in [0.5, 0.6) is 0 Å². The number of halogens is 2. The molecule has 0 bridgehead atoms.